The van der Waals surface area contributed by atoms with E-state index in [-0.39, 0.29) is 5.91 Å². The van der Waals surface area contributed by atoms with Gasteiger partial charge in [-0.2, -0.15) is 0 Å². The summed E-state index contributed by atoms with van der Waals surface area (Å²) in [7, 11) is 3.16. The van der Waals surface area contributed by atoms with Gasteiger partial charge in [-0.05, 0) is 54.6 Å². The average molecular weight is 429 g/mol. The number of ether oxygens (including phenoxy) is 2. The van der Waals surface area contributed by atoms with Crippen molar-refractivity contribution in [2.75, 3.05) is 19.6 Å². The molecule has 0 bridgehead atoms. The minimum atomic E-state index is -0.270. The van der Waals surface area contributed by atoms with Crippen LogP contribution in [-0.2, 0) is 0 Å². The number of hydrazine groups is 1. The number of carbonyl (C=O) groups excluding carboxylic acids is 1. The first-order valence-corrected chi connectivity index (χ1v) is 8.78. The fourth-order valence-electron chi connectivity index (χ4n) is 2.34. The number of benzene rings is 2. The molecule has 2 aromatic carbocycles. The van der Waals surface area contributed by atoms with Gasteiger partial charge in [-0.15, -0.1) is 10.2 Å². The van der Waals surface area contributed by atoms with Crippen LogP contribution >= 0.6 is 15.9 Å². The molecule has 0 saturated heterocycles. The number of rotatable bonds is 6. The van der Waals surface area contributed by atoms with Crippen LogP contribution in [0.15, 0.2) is 59.1 Å². The Hall–Kier alpha value is -3.13. The van der Waals surface area contributed by atoms with E-state index in [1.807, 2.05) is 12.1 Å². The summed E-state index contributed by atoms with van der Waals surface area (Å²) in [6, 6.07) is 16.0. The predicted octanol–water partition coefficient (Wildman–Crippen LogP) is 3.68. The molecule has 0 fully saturated rings. The van der Waals surface area contributed by atoms with Crippen LogP contribution in [0.25, 0.3) is 11.3 Å². The molecule has 1 amide bonds. The van der Waals surface area contributed by atoms with Gasteiger partial charge in [-0.25, -0.2) is 0 Å². The van der Waals surface area contributed by atoms with E-state index in [1.165, 1.54) is 0 Å². The van der Waals surface area contributed by atoms with E-state index in [9.17, 15) is 4.79 Å². The molecule has 0 aliphatic carbocycles. The molecule has 138 valence electrons. The number of halogens is 1. The number of anilines is 1. The Morgan fingerprint density at radius 2 is 1.67 bits per heavy atom. The SMILES string of the molecule is COc1ccc(-c2ccc(NNC(=O)c3ccc(Br)cc3)nn2)cc1OC. The molecule has 27 heavy (non-hydrogen) atoms. The molecule has 1 heterocycles. The summed E-state index contributed by atoms with van der Waals surface area (Å²) < 4.78 is 11.4. The van der Waals surface area contributed by atoms with Gasteiger partial charge in [0.25, 0.3) is 5.91 Å². The molecule has 0 aliphatic rings. The summed E-state index contributed by atoms with van der Waals surface area (Å²) in [6.07, 6.45) is 0. The van der Waals surface area contributed by atoms with E-state index >= 15 is 0 Å². The molecule has 0 atom stereocenters. The van der Waals surface area contributed by atoms with Crippen molar-refractivity contribution in [3.63, 3.8) is 0 Å². The Kier molecular flexibility index (Phi) is 5.87. The molecule has 3 aromatic rings. The lowest BCUT2D eigenvalue weighted by atomic mass is 10.1. The van der Waals surface area contributed by atoms with Gasteiger partial charge in [0.05, 0.1) is 19.9 Å². The van der Waals surface area contributed by atoms with Crippen molar-refractivity contribution in [2.24, 2.45) is 0 Å². The molecule has 0 saturated carbocycles. The number of carbonyl (C=O) groups is 1. The van der Waals surface area contributed by atoms with Crippen LogP contribution in [0, 0.1) is 0 Å². The third-order valence-electron chi connectivity index (χ3n) is 3.75. The third kappa shape index (κ3) is 4.53. The zero-order valence-electron chi connectivity index (χ0n) is 14.7. The Morgan fingerprint density at radius 3 is 2.30 bits per heavy atom. The average Bonchev–Trinajstić information content (AvgIpc) is 2.72. The van der Waals surface area contributed by atoms with Gasteiger partial charge in [0, 0.05) is 15.6 Å². The maximum atomic E-state index is 12.1. The highest BCUT2D eigenvalue weighted by molar-refractivity contribution is 9.10. The number of hydrogen-bond acceptors (Lipinski definition) is 6. The summed E-state index contributed by atoms with van der Waals surface area (Å²) in [6.45, 7) is 0. The van der Waals surface area contributed by atoms with Gasteiger partial charge in [0.1, 0.15) is 0 Å². The van der Waals surface area contributed by atoms with E-state index in [1.54, 1.807) is 56.7 Å². The summed E-state index contributed by atoms with van der Waals surface area (Å²) in [5.74, 6) is 1.40. The van der Waals surface area contributed by atoms with Crippen LogP contribution in [0.3, 0.4) is 0 Å². The van der Waals surface area contributed by atoms with E-state index in [2.05, 4.69) is 37.0 Å². The third-order valence-corrected chi connectivity index (χ3v) is 4.28. The Morgan fingerprint density at radius 1 is 0.926 bits per heavy atom. The molecule has 0 unspecified atom stereocenters. The van der Waals surface area contributed by atoms with Crippen LogP contribution in [0.4, 0.5) is 5.82 Å². The number of aromatic nitrogens is 2. The molecule has 1 aromatic heterocycles. The standard InChI is InChI=1S/C19H17BrN4O3/c1-26-16-9-5-13(11-17(16)27-2)15-8-10-18(22-21-15)23-24-19(25)12-3-6-14(20)7-4-12/h3-11H,1-2H3,(H,22,23)(H,24,25). The fraction of sp³-hybridized carbons (Fsp3) is 0.105. The summed E-state index contributed by atoms with van der Waals surface area (Å²) in [4.78, 5) is 12.1. The van der Waals surface area contributed by atoms with Crippen LogP contribution in [0.2, 0.25) is 0 Å². The minimum Gasteiger partial charge on any atom is -0.493 e. The van der Waals surface area contributed by atoms with E-state index in [4.69, 9.17) is 9.47 Å². The van der Waals surface area contributed by atoms with E-state index in [0.717, 1.165) is 10.0 Å². The van der Waals surface area contributed by atoms with Gasteiger partial charge in [-0.1, -0.05) is 15.9 Å². The summed E-state index contributed by atoms with van der Waals surface area (Å²) in [5.41, 5.74) is 7.37. The van der Waals surface area contributed by atoms with Crippen molar-refractivity contribution in [1.29, 1.82) is 0 Å². The number of nitrogens with zero attached hydrogens (tertiary/aromatic N) is 2. The van der Waals surface area contributed by atoms with Crippen LogP contribution in [0.1, 0.15) is 10.4 Å². The topological polar surface area (TPSA) is 85.4 Å². The van der Waals surface area contributed by atoms with Crippen LogP contribution in [0.5, 0.6) is 11.5 Å². The second-order valence-corrected chi connectivity index (χ2v) is 6.38. The van der Waals surface area contributed by atoms with Crippen LogP contribution < -0.4 is 20.3 Å². The van der Waals surface area contributed by atoms with Gasteiger partial charge in [0.15, 0.2) is 17.3 Å². The first-order chi connectivity index (χ1) is 13.1. The molecule has 3 rings (SSSR count). The van der Waals surface area contributed by atoms with Gasteiger partial charge in [0.2, 0.25) is 0 Å². The molecular formula is C19H17BrN4O3. The second-order valence-electron chi connectivity index (χ2n) is 5.46. The zero-order chi connectivity index (χ0) is 19.2. The maximum Gasteiger partial charge on any atom is 0.269 e. The second kappa shape index (κ2) is 8.50. The Bertz CT molecular complexity index is 931. The highest BCUT2D eigenvalue weighted by Crippen LogP contribution is 2.31. The molecule has 0 spiro atoms. The Labute approximate surface area is 164 Å². The lowest BCUT2D eigenvalue weighted by Gasteiger charge is -2.10. The molecule has 7 nitrogen and oxygen atoms in total. The fourth-order valence-corrected chi connectivity index (χ4v) is 2.61. The number of nitrogens with one attached hydrogen (secondary N) is 2. The van der Waals surface area contributed by atoms with Crippen LogP contribution in [-0.4, -0.2) is 30.3 Å². The van der Waals surface area contributed by atoms with Crippen molar-refractivity contribution >= 4 is 27.7 Å². The van der Waals surface area contributed by atoms with Gasteiger partial charge >= 0.3 is 0 Å². The lowest BCUT2D eigenvalue weighted by molar-refractivity contribution is 0.0962. The predicted molar refractivity (Wildman–Crippen MR) is 106 cm³/mol. The monoisotopic (exact) mass is 428 g/mol. The van der Waals surface area contributed by atoms with Crippen molar-refractivity contribution in [3.8, 4) is 22.8 Å². The van der Waals surface area contributed by atoms with Crippen molar-refractivity contribution in [2.45, 2.75) is 0 Å². The normalized spacial score (nSPS) is 10.2. The molecule has 2 N–H and O–H groups in total. The number of methoxy groups -OCH3 is 2. The minimum absolute atomic E-state index is 0.270. The Balaban J connectivity index is 1.67. The van der Waals surface area contributed by atoms with Crippen molar-refractivity contribution in [1.82, 2.24) is 15.6 Å². The molecular weight excluding hydrogens is 412 g/mol. The highest BCUT2D eigenvalue weighted by Gasteiger charge is 2.09. The quantitative estimate of drug-likeness (QED) is 0.582. The van der Waals surface area contributed by atoms with Crippen molar-refractivity contribution < 1.29 is 14.3 Å². The smallest absolute Gasteiger partial charge is 0.269 e. The number of amides is 1. The molecule has 0 aliphatic heterocycles. The van der Waals surface area contributed by atoms with Gasteiger partial charge < -0.3 is 9.47 Å². The first kappa shape index (κ1) is 18.7. The maximum absolute atomic E-state index is 12.1. The molecule has 8 heteroatoms. The largest absolute Gasteiger partial charge is 0.493 e. The molecule has 0 radical (unpaired) electrons. The summed E-state index contributed by atoms with van der Waals surface area (Å²) >= 11 is 3.33. The highest BCUT2D eigenvalue weighted by atomic mass is 79.9. The summed E-state index contributed by atoms with van der Waals surface area (Å²) in [5, 5.41) is 8.25. The van der Waals surface area contributed by atoms with Crippen molar-refractivity contribution in [3.05, 3.63) is 64.6 Å². The first-order valence-electron chi connectivity index (χ1n) is 7.99. The lowest BCUT2D eigenvalue weighted by Crippen LogP contribution is -2.29. The van der Waals surface area contributed by atoms with E-state index < -0.39 is 0 Å². The number of hydrogen-bond donors (Lipinski definition) is 2. The van der Waals surface area contributed by atoms with Gasteiger partial charge in [-0.3, -0.25) is 15.6 Å². The van der Waals surface area contributed by atoms with E-state index in [0.29, 0.717) is 28.6 Å². The zero-order valence-corrected chi connectivity index (χ0v) is 16.3.